The zero-order valence-corrected chi connectivity index (χ0v) is 15.5. The van der Waals surface area contributed by atoms with E-state index in [1.807, 2.05) is 24.3 Å². The van der Waals surface area contributed by atoms with Crippen LogP contribution in [0.25, 0.3) is 0 Å². The molecule has 0 aliphatic carbocycles. The Morgan fingerprint density at radius 3 is 2.85 bits per heavy atom. The first-order valence-electron chi connectivity index (χ1n) is 8.55. The van der Waals surface area contributed by atoms with Gasteiger partial charge in [0.05, 0.1) is 18.7 Å². The molecule has 1 N–H and O–H groups in total. The van der Waals surface area contributed by atoms with Crippen LogP contribution in [0.3, 0.4) is 0 Å². The third kappa shape index (κ3) is 3.83. The van der Waals surface area contributed by atoms with Gasteiger partial charge in [0, 0.05) is 23.7 Å². The smallest absolute Gasteiger partial charge is 0.229 e. The van der Waals surface area contributed by atoms with E-state index < -0.39 is 5.92 Å². The average Bonchev–Trinajstić information content (AvgIpc) is 3.04. The molecule has 1 aliphatic heterocycles. The summed E-state index contributed by atoms with van der Waals surface area (Å²) in [6.07, 6.45) is 1.08. The van der Waals surface area contributed by atoms with Gasteiger partial charge in [-0.25, -0.2) is 0 Å². The van der Waals surface area contributed by atoms with E-state index in [1.165, 1.54) is 7.11 Å². The highest BCUT2D eigenvalue weighted by molar-refractivity contribution is 6.31. The summed E-state index contributed by atoms with van der Waals surface area (Å²) in [6, 6.07) is 12.9. The summed E-state index contributed by atoms with van der Waals surface area (Å²) in [5, 5.41) is 3.33. The van der Waals surface area contributed by atoms with Crippen molar-refractivity contribution in [1.82, 2.24) is 0 Å². The molecule has 3 rings (SSSR count). The summed E-state index contributed by atoms with van der Waals surface area (Å²) in [6.45, 7) is 2.43. The van der Waals surface area contributed by atoms with Gasteiger partial charge in [0.25, 0.3) is 0 Å². The number of carbonyl (C=O) groups is 2. The van der Waals surface area contributed by atoms with Gasteiger partial charge in [-0.1, -0.05) is 30.7 Å². The first kappa shape index (κ1) is 18.3. The van der Waals surface area contributed by atoms with Crippen molar-refractivity contribution in [2.24, 2.45) is 5.92 Å². The van der Waals surface area contributed by atoms with Crippen molar-refractivity contribution in [2.75, 3.05) is 23.9 Å². The molecule has 0 aromatic heterocycles. The van der Waals surface area contributed by atoms with Crippen LogP contribution >= 0.6 is 11.6 Å². The lowest BCUT2D eigenvalue weighted by Gasteiger charge is -2.18. The summed E-state index contributed by atoms with van der Waals surface area (Å²) in [5.41, 5.74) is 2.50. The Bertz CT molecular complexity index is 838. The Hall–Kier alpha value is -2.53. The number of aryl methyl sites for hydroxylation is 1. The molecule has 0 unspecified atom stereocenters. The number of rotatable bonds is 5. The number of ether oxygens (including phenoxy) is 1. The van der Waals surface area contributed by atoms with E-state index in [4.69, 9.17) is 16.3 Å². The van der Waals surface area contributed by atoms with E-state index in [0.29, 0.717) is 23.0 Å². The summed E-state index contributed by atoms with van der Waals surface area (Å²) in [7, 11) is 1.53. The highest BCUT2D eigenvalue weighted by atomic mass is 35.5. The highest BCUT2D eigenvalue weighted by Crippen LogP contribution is 2.30. The predicted octanol–water partition coefficient (Wildman–Crippen LogP) is 3.90. The van der Waals surface area contributed by atoms with E-state index in [9.17, 15) is 9.59 Å². The number of amides is 2. The zero-order valence-electron chi connectivity index (χ0n) is 14.8. The Kier molecular flexibility index (Phi) is 5.47. The van der Waals surface area contributed by atoms with Crippen molar-refractivity contribution in [2.45, 2.75) is 19.8 Å². The number of halogens is 1. The molecule has 0 saturated carbocycles. The Morgan fingerprint density at radius 1 is 1.31 bits per heavy atom. The zero-order chi connectivity index (χ0) is 18.7. The fourth-order valence-corrected chi connectivity index (χ4v) is 3.26. The van der Waals surface area contributed by atoms with Crippen molar-refractivity contribution >= 4 is 34.8 Å². The van der Waals surface area contributed by atoms with E-state index >= 15 is 0 Å². The van der Waals surface area contributed by atoms with Gasteiger partial charge < -0.3 is 15.0 Å². The average molecular weight is 373 g/mol. The summed E-state index contributed by atoms with van der Waals surface area (Å²) >= 11 is 6.00. The maximum absolute atomic E-state index is 12.7. The first-order chi connectivity index (χ1) is 12.5. The van der Waals surface area contributed by atoms with Crippen LogP contribution < -0.4 is 15.0 Å². The standard InChI is InChI=1S/C20H21ClN2O3/c1-3-13-5-4-6-16(9-13)23-12-14(10-19(23)24)20(25)22-17-11-15(21)7-8-18(17)26-2/h4-9,11,14H,3,10,12H2,1-2H3,(H,22,25)/t14-/m0/s1. The lowest BCUT2D eigenvalue weighted by molar-refractivity contribution is -0.122. The lowest BCUT2D eigenvalue weighted by Crippen LogP contribution is -2.28. The van der Waals surface area contributed by atoms with Crippen molar-refractivity contribution in [3.05, 3.63) is 53.1 Å². The van der Waals surface area contributed by atoms with Gasteiger partial charge in [0.2, 0.25) is 11.8 Å². The van der Waals surface area contributed by atoms with Gasteiger partial charge in [-0.15, -0.1) is 0 Å². The predicted molar refractivity (Wildman–Crippen MR) is 103 cm³/mol. The van der Waals surface area contributed by atoms with Gasteiger partial charge in [-0.3, -0.25) is 9.59 Å². The van der Waals surface area contributed by atoms with Crippen LogP contribution in [0.1, 0.15) is 18.9 Å². The molecule has 136 valence electrons. The van der Waals surface area contributed by atoms with E-state index in [-0.39, 0.29) is 18.2 Å². The third-order valence-corrected chi connectivity index (χ3v) is 4.78. The Labute approximate surface area is 157 Å². The van der Waals surface area contributed by atoms with Gasteiger partial charge in [-0.2, -0.15) is 0 Å². The fourth-order valence-electron chi connectivity index (χ4n) is 3.09. The van der Waals surface area contributed by atoms with Crippen molar-refractivity contribution in [3.63, 3.8) is 0 Å². The van der Waals surface area contributed by atoms with Gasteiger partial charge >= 0.3 is 0 Å². The number of hydrogen-bond acceptors (Lipinski definition) is 3. The minimum absolute atomic E-state index is 0.0449. The monoisotopic (exact) mass is 372 g/mol. The number of methoxy groups -OCH3 is 1. The molecule has 1 heterocycles. The molecular formula is C20H21ClN2O3. The van der Waals surface area contributed by atoms with Crippen LogP contribution in [-0.4, -0.2) is 25.5 Å². The minimum atomic E-state index is -0.420. The van der Waals surface area contributed by atoms with Crippen LogP contribution in [0.15, 0.2) is 42.5 Å². The topological polar surface area (TPSA) is 58.6 Å². The second kappa shape index (κ2) is 7.79. The minimum Gasteiger partial charge on any atom is -0.495 e. The maximum atomic E-state index is 12.7. The van der Waals surface area contributed by atoms with E-state index in [1.54, 1.807) is 23.1 Å². The summed E-state index contributed by atoms with van der Waals surface area (Å²) in [5.74, 6) is -0.152. The largest absolute Gasteiger partial charge is 0.495 e. The molecule has 1 saturated heterocycles. The second-order valence-corrected chi connectivity index (χ2v) is 6.70. The van der Waals surface area contributed by atoms with Gasteiger partial charge in [0.1, 0.15) is 5.75 Å². The number of nitrogens with zero attached hydrogens (tertiary/aromatic N) is 1. The molecule has 5 nitrogen and oxygen atoms in total. The van der Waals surface area contributed by atoms with Crippen molar-refractivity contribution in [1.29, 1.82) is 0 Å². The van der Waals surface area contributed by atoms with Crippen LogP contribution in [0.5, 0.6) is 5.75 Å². The Balaban J connectivity index is 1.74. The van der Waals surface area contributed by atoms with Gasteiger partial charge in [0.15, 0.2) is 0 Å². The molecule has 6 heteroatoms. The van der Waals surface area contributed by atoms with Crippen LogP contribution in [0.4, 0.5) is 11.4 Å². The van der Waals surface area contributed by atoms with E-state index in [2.05, 4.69) is 12.2 Å². The van der Waals surface area contributed by atoms with Crippen LogP contribution in [0, 0.1) is 5.92 Å². The second-order valence-electron chi connectivity index (χ2n) is 6.26. The molecule has 0 spiro atoms. The van der Waals surface area contributed by atoms with Gasteiger partial charge in [-0.05, 0) is 42.3 Å². The summed E-state index contributed by atoms with van der Waals surface area (Å²) in [4.78, 5) is 26.7. The fraction of sp³-hybridized carbons (Fsp3) is 0.300. The highest BCUT2D eigenvalue weighted by Gasteiger charge is 2.35. The number of hydrogen-bond donors (Lipinski definition) is 1. The quantitative estimate of drug-likeness (QED) is 0.865. The number of anilines is 2. The lowest BCUT2D eigenvalue weighted by atomic mass is 10.1. The third-order valence-electron chi connectivity index (χ3n) is 4.55. The molecule has 26 heavy (non-hydrogen) atoms. The Morgan fingerprint density at radius 2 is 2.12 bits per heavy atom. The summed E-state index contributed by atoms with van der Waals surface area (Å²) < 4.78 is 5.25. The first-order valence-corrected chi connectivity index (χ1v) is 8.93. The van der Waals surface area contributed by atoms with Crippen molar-refractivity contribution in [3.8, 4) is 5.75 Å². The molecule has 1 atom stereocenters. The van der Waals surface area contributed by atoms with Crippen LogP contribution in [-0.2, 0) is 16.0 Å². The molecule has 2 amide bonds. The molecule has 0 bridgehead atoms. The maximum Gasteiger partial charge on any atom is 0.229 e. The van der Waals surface area contributed by atoms with Crippen LogP contribution in [0.2, 0.25) is 5.02 Å². The number of carbonyl (C=O) groups excluding carboxylic acids is 2. The molecule has 1 fully saturated rings. The molecule has 0 radical (unpaired) electrons. The van der Waals surface area contributed by atoms with Crippen molar-refractivity contribution < 1.29 is 14.3 Å². The van der Waals surface area contributed by atoms with E-state index in [0.717, 1.165) is 17.7 Å². The molecule has 1 aliphatic rings. The molecule has 2 aromatic carbocycles. The number of nitrogens with one attached hydrogen (secondary N) is 1. The molecular weight excluding hydrogens is 352 g/mol. The normalized spacial score (nSPS) is 16.7. The molecule has 2 aromatic rings. The SMILES string of the molecule is CCc1cccc(N2C[C@@H](C(=O)Nc3cc(Cl)ccc3OC)CC2=O)c1. The number of benzene rings is 2.